The first kappa shape index (κ1) is 22.9. The smallest absolute Gasteiger partial charge is 0.869 e. The predicted octanol–water partition coefficient (Wildman–Crippen LogP) is 2.28. The average molecular weight is 347 g/mol. The van der Waals surface area contributed by atoms with Gasteiger partial charge in [0.1, 0.15) is 0 Å². The molecule has 112 valence electrons. The van der Waals surface area contributed by atoms with Crippen LogP contribution in [-0.4, -0.2) is 38.1 Å². The maximum Gasteiger partial charge on any atom is 1.00 e. The normalized spacial score (nSPS) is 12.4. The van der Waals surface area contributed by atoms with E-state index in [4.69, 9.17) is 0 Å². The number of halogens is 6. The van der Waals surface area contributed by atoms with Crippen molar-refractivity contribution in [1.29, 1.82) is 0 Å². The fraction of sp³-hybridized carbons (Fsp3) is 0.625. The minimum Gasteiger partial charge on any atom is -0.869 e. The van der Waals surface area contributed by atoms with Crippen LogP contribution in [0.5, 0.6) is 0 Å². The first-order chi connectivity index (χ1) is 7.28. The molecule has 0 N–H and O–H groups in total. The molecule has 10 heteroatoms. The van der Waals surface area contributed by atoms with E-state index in [1.807, 2.05) is 0 Å². The molecule has 0 spiro atoms. The summed E-state index contributed by atoms with van der Waals surface area (Å²) in [6, 6.07) is 0. The second-order valence-corrected chi connectivity index (χ2v) is 5.89. The van der Waals surface area contributed by atoms with E-state index in [2.05, 4.69) is 20.0 Å². The minimum atomic E-state index is -5.46. The van der Waals surface area contributed by atoms with E-state index in [1.54, 1.807) is 0 Å². The Kier molecular flexibility index (Phi) is 11.2. The summed E-state index contributed by atoms with van der Waals surface area (Å²) in [5, 5.41) is 9.82. The molecular formula is C8H10CuF6O2P. The molecule has 0 aliphatic rings. The monoisotopic (exact) mass is 346 g/mol. The number of hydrogen-bond acceptors (Lipinski definition) is 2. The van der Waals surface area contributed by atoms with Crippen molar-refractivity contribution in [1.82, 2.24) is 0 Å². The maximum absolute atomic E-state index is 11.3. The third-order valence-corrected chi connectivity index (χ3v) is 0.821. The van der Waals surface area contributed by atoms with Crippen molar-refractivity contribution < 1.29 is 53.3 Å². The molecule has 0 aromatic heterocycles. The minimum absolute atomic E-state index is 0. The summed E-state index contributed by atoms with van der Waals surface area (Å²) in [5.74, 6) is -5.65. The van der Waals surface area contributed by atoms with Crippen LogP contribution in [0.1, 0.15) is 0 Å². The third kappa shape index (κ3) is 13.8. The van der Waals surface area contributed by atoms with Crippen LogP contribution < -0.4 is 5.11 Å². The van der Waals surface area contributed by atoms with Crippen molar-refractivity contribution in [3.05, 3.63) is 11.8 Å². The number of alkyl halides is 6. The van der Waals surface area contributed by atoms with Gasteiger partial charge >= 0.3 is 29.4 Å². The summed E-state index contributed by atoms with van der Waals surface area (Å²) in [7, 11) is 0.380. The van der Waals surface area contributed by atoms with Crippen LogP contribution in [0.15, 0.2) is 11.8 Å². The maximum atomic E-state index is 11.3. The Hall–Kier alpha value is -0.261. The SMILES string of the molecule is CP(C)C.O=C(C=C([O-])C(F)(F)F)C(F)(F)F.[Cu+]. The average Bonchev–Trinajstić information content (AvgIpc) is 1.98. The van der Waals surface area contributed by atoms with E-state index >= 15 is 0 Å². The van der Waals surface area contributed by atoms with Gasteiger partial charge in [0.2, 0.25) is 0 Å². The molecular weight excluding hydrogens is 337 g/mol. The van der Waals surface area contributed by atoms with Gasteiger partial charge in [0.25, 0.3) is 5.78 Å². The molecule has 0 atom stereocenters. The van der Waals surface area contributed by atoms with Gasteiger partial charge < -0.3 is 5.11 Å². The van der Waals surface area contributed by atoms with Crippen molar-refractivity contribution in [2.24, 2.45) is 0 Å². The number of hydrogen-bond donors (Lipinski definition) is 0. The Morgan fingerprint density at radius 2 is 1.28 bits per heavy atom. The van der Waals surface area contributed by atoms with Crippen molar-refractivity contribution in [2.75, 3.05) is 20.0 Å². The predicted molar refractivity (Wildman–Crippen MR) is 49.9 cm³/mol. The van der Waals surface area contributed by atoms with Crippen LogP contribution in [0.4, 0.5) is 26.3 Å². The van der Waals surface area contributed by atoms with Crippen LogP contribution in [0.2, 0.25) is 0 Å². The van der Waals surface area contributed by atoms with Crippen LogP contribution >= 0.6 is 7.92 Å². The first-order valence-corrected chi connectivity index (χ1v) is 6.64. The van der Waals surface area contributed by atoms with Crippen LogP contribution in [0, 0.1) is 0 Å². The Balaban J connectivity index is -0.000000392. The molecule has 0 bridgehead atoms. The van der Waals surface area contributed by atoms with E-state index < -0.39 is 30.0 Å². The topological polar surface area (TPSA) is 40.1 Å². The van der Waals surface area contributed by atoms with Crippen LogP contribution in [0.3, 0.4) is 0 Å². The van der Waals surface area contributed by atoms with Gasteiger partial charge in [0.15, 0.2) is 0 Å². The van der Waals surface area contributed by atoms with E-state index in [0.717, 1.165) is 0 Å². The number of carbonyl (C=O) groups excluding carboxylic acids is 1. The van der Waals surface area contributed by atoms with E-state index in [1.165, 1.54) is 0 Å². The van der Waals surface area contributed by atoms with Gasteiger partial charge in [-0.2, -0.15) is 26.3 Å². The van der Waals surface area contributed by atoms with Gasteiger partial charge in [-0.3, -0.25) is 4.79 Å². The van der Waals surface area contributed by atoms with Crippen LogP contribution in [0.25, 0.3) is 0 Å². The Morgan fingerprint density at radius 3 is 1.44 bits per heavy atom. The molecule has 0 aromatic carbocycles. The summed E-state index contributed by atoms with van der Waals surface area (Å²) in [6.07, 6.45) is -11.9. The molecule has 0 unspecified atom stereocenters. The quantitative estimate of drug-likeness (QED) is 0.240. The zero-order valence-corrected chi connectivity index (χ0v) is 11.2. The Morgan fingerprint density at radius 1 is 1.00 bits per heavy atom. The first-order valence-electron chi connectivity index (χ1n) is 3.96. The Labute approximate surface area is 112 Å². The van der Waals surface area contributed by atoms with Crippen molar-refractivity contribution >= 4 is 13.7 Å². The third-order valence-electron chi connectivity index (χ3n) is 0.821. The molecule has 0 rings (SSSR count). The molecule has 0 aliphatic heterocycles. The zero-order valence-electron chi connectivity index (χ0n) is 9.41. The van der Waals surface area contributed by atoms with Gasteiger partial charge in [-0.1, -0.05) is 0 Å². The van der Waals surface area contributed by atoms with Crippen LogP contribution in [-0.2, 0) is 21.9 Å². The van der Waals surface area contributed by atoms with E-state index in [-0.39, 0.29) is 17.1 Å². The standard InChI is InChI=1S/C5H2F6O2.C3H9P.Cu/c6-4(7,8)2(12)1-3(13)5(9,10)11;1-4(2)3;/h1,12H;1-3H3;/q;;+1/p-1. The van der Waals surface area contributed by atoms with Crippen molar-refractivity contribution in [3.63, 3.8) is 0 Å². The van der Waals surface area contributed by atoms with Gasteiger partial charge in [0, 0.05) is 0 Å². The molecule has 2 nitrogen and oxygen atoms in total. The van der Waals surface area contributed by atoms with Gasteiger partial charge in [-0.15, -0.1) is 7.92 Å². The second-order valence-electron chi connectivity index (χ2n) is 3.21. The van der Waals surface area contributed by atoms with Gasteiger partial charge in [0.05, 0.1) is 0 Å². The number of carbonyl (C=O) groups is 1. The van der Waals surface area contributed by atoms with Crippen molar-refractivity contribution in [2.45, 2.75) is 12.4 Å². The fourth-order valence-corrected chi connectivity index (χ4v) is 0.283. The number of rotatable bonds is 1. The molecule has 0 fully saturated rings. The Bertz CT molecular complexity index is 282. The number of ketones is 1. The summed E-state index contributed by atoms with van der Waals surface area (Å²) in [4.78, 5) is 9.82. The summed E-state index contributed by atoms with van der Waals surface area (Å²) in [5.41, 5.74) is 0. The summed E-state index contributed by atoms with van der Waals surface area (Å²) >= 11 is 0. The fourth-order valence-electron chi connectivity index (χ4n) is 0.283. The molecule has 0 heterocycles. The summed E-state index contributed by atoms with van der Waals surface area (Å²) in [6.45, 7) is 6.69. The molecule has 0 aliphatic carbocycles. The molecule has 0 amide bonds. The van der Waals surface area contributed by atoms with Gasteiger partial charge in [-0.05, 0) is 31.8 Å². The molecule has 0 saturated carbocycles. The van der Waals surface area contributed by atoms with E-state index in [0.29, 0.717) is 7.92 Å². The summed E-state index contributed by atoms with van der Waals surface area (Å²) < 4.78 is 67.8. The zero-order chi connectivity index (χ0) is 14.4. The molecule has 0 saturated heterocycles. The second kappa shape index (κ2) is 8.77. The largest absolute Gasteiger partial charge is 1.00 e. The van der Waals surface area contributed by atoms with Gasteiger partial charge in [-0.25, -0.2) is 0 Å². The number of allylic oxidation sites excluding steroid dienone is 2. The molecule has 0 aromatic rings. The van der Waals surface area contributed by atoms with E-state index in [9.17, 15) is 36.2 Å². The van der Waals surface area contributed by atoms with Crippen molar-refractivity contribution in [3.8, 4) is 0 Å². The molecule has 0 radical (unpaired) electrons. The molecule has 18 heavy (non-hydrogen) atoms.